The van der Waals surface area contributed by atoms with Crippen LogP contribution in [0.15, 0.2) is 12.1 Å². The van der Waals surface area contributed by atoms with E-state index in [-0.39, 0.29) is 17.5 Å². The third kappa shape index (κ3) is 6.12. The van der Waals surface area contributed by atoms with Gasteiger partial charge in [-0.05, 0) is 87.4 Å². The van der Waals surface area contributed by atoms with E-state index in [1.165, 1.54) is 37.8 Å². The van der Waals surface area contributed by atoms with Gasteiger partial charge in [0, 0.05) is 31.9 Å². The molecule has 0 aromatic heterocycles. The van der Waals surface area contributed by atoms with Gasteiger partial charge in [0.1, 0.15) is 5.69 Å². The highest BCUT2D eigenvalue weighted by molar-refractivity contribution is 5.67. The number of carbonyl (C=O) groups is 1. The molecular weight excluding hydrogens is 438 g/mol. The summed E-state index contributed by atoms with van der Waals surface area (Å²) in [4.78, 5) is 16.1. The molecule has 0 radical (unpaired) electrons. The van der Waals surface area contributed by atoms with Crippen molar-refractivity contribution in [2.75, 3.05) is 56.5 Å². The number of hydrogen-bond acceptors (Lipinski definition) is 5. The van der Waals surface area contributed by atoms with Crippen LogP contribution in [0.5, 0.6) is 0 Å². The van der Waals surface area contributed by atoms with Crippen LogP contribution in [0, 0.1) is 28.9 Å². The number of rotatable bonds is 8. The molecule has 8 heteroatoms. The summed E-state index contributed by atoms with van der Waals surface area (Å²) in [5.41, 5.74) is 6.19. The van der Waals surface area contributed by atoms with E-state index in [2.05, 4.69) is 17.1 Å². The monoisotopic (exact) mass is 478 g/mol. The molecule has 1 amide bonds. The number of ether oxygens (including phenoxy) is 1. The van der Waals surface area contributed by atoms with Gasteiger partial charge in [-0.3, -0.25) is 0 Å². The van der Waals surface area contributed by atoms with Gasteiger partial charge in [0.05, 0.1) is 6.61 Å². The Kier molecular flexibility index (Phi) is 8.17. The molecular formula is C26H40F2N4O2. The third-order valence-electron chi connectivity index (χ3n) is 8.11. The third-order valence-corrected chi connectivity index (χ3v) is 8.11. The first kappa shape index (κ1) is 25.0. The van der Waals surface area contributed by atoms with Gasteiger partial charge in [-0.2, -0.15) is 0 Å². The number of nitrogens with zero attached hydrogens (tertiary/aromatic N) is 2. The first-order valence-corrected chi connectivity index (χ1v) is 13.0. The molecule has 3 N–H and O–H groups in total. The minimum absolute atomic E-state index is 0.0656. The molecule has 0 unspecified atom stereocenters. The lowest BCUT2D eigenvalue weighted by Crippen LogP contribution is -2.50. The molecule has 3 aliphatic rings. The lowest BCUT2D eigenvalue weighted by molar-refractivity contribution is -0.0165. The molecule has 3 fully saturated rings. The minimum Gasteiger partial charge on any atom is -0.450 e. The maximum absolute atomic E-state index is 14.3. The van der Waals surface area contributed by atoms with E-state index in [1.807, 2.05) is 4.90 Å². The molecule has 2 aliphatic heterocycles. The van der Waals surface area contributed by atoms with Crippen molar-refractivity contribution in [1.29, 1.82) is 0 Å². The number of hydrogen-bond donors (Lipinski definition) is 2. The number of carbonyl (C=O) groups excluding carboxylic acids is 1. The van der Waals surface area contributed by atoms with Crippen LogP contribution in [0.25, 0.3) is 0 Å². The fourth-order valence-corrected chi connectivity index (χ4v) is 6.11. The number of anilines is 2. The zero-order chi connectivity index (χ0) is 24.1. The number of nitrogen functional groups attached to an aromatic ring is 1. The van der Waals surface area contributed by atoms with Gasteiger partial charge in [0.2, 0.25) is 0 Å². The fraction of sp³-hybridized carbons (Fsp3) is 0.731. The number of nitrogens with one attached hydrogen (secondary N) is 1. The second kappa shape index (κ2) is 11.1. The summed E-state index contributed by atoms with van der Waals surface area (Å²) in [5.74, 6) is 0.00493. The van der Waals surface area contributed by atoms with Crippen molar-refractivity contribution in [3.05, 3.63) is 23.8 Å². The van der Waals surface area contributed by atoms with Crippen LogP contribution in [0.1, 0.15) is 58.3 Å². The molecule has 0 bridgehead atoms. The molecule has 34 heavy (non-hydrogen) atoms. The Morgan fingerprint density at radius 2 is 1.76 bits per heavy atom. The molecule has 1 spiro atoms. The van der Waals surface area contributed by atoms with Crippen LogP contribution < -0.4 is 16.0 Å². The fourth-order valence-electron chi connectivity index (χ4n) is 6.11. The SMILES string of the molecule is CCCCOC(=O)NCC1CC2(CCN(CC3CCN(c4c(F)cc(N)cc4F)CC3)CC2)C1. The summed E-state index contributed by atoms with van der Waals surface area (Å²) in [5, 5.41) is 2.92. The summed E-state index contributed by atoms with van der Waals surface area (Å²) in [6.45, 7) is 7.99. The maximum atomic E-state index is 14.3. The first-order chi connectivity index (χ1) is 16.4. The van der Waals surface area contributed by atoms with Gasteiger partial charge >= 0.3 is 6.09 Å². The molecule has 0 atom stereocenters. The van der Waals surface area contributed by atoms with E-state index < -0.39 is 11.6 Å². The van der Waals surface area contributed by atoms with E-state index in [4.69, 9.17) is 10.5 Å². The van der Waals surface area contributed by atoms with Gasteiger partial charge in [0.15, 0.2) is 11.6 Å². The van der Waals surface area contributed by atoms with Crippen LogP contribution in [0.2, 0.25) is 0 Å². The molecule has 2 heterocycles. The summed E-state index contributed by atoms with van der Waals surface area (Å²) in [7, 11) is 0. The van der Waals surface area contributed by atoms with Crippen molar-refractivity contribution in [2.24, 2.45) is 17.3 Å². The van der Waals surface area contributed by atoms with Crippen molar-refractivity contribution < 1.29 is 18.3 Å². The van der Waals surface area contributed by atoms with E-state index in [9.17, 15) is 13.6 Å². The summed E-state index contributed by atoms with van der Waals surface area (Å²) in [6, 6.07) is 2.41. The number of unbranched alkanes of at least 4 members (excludes halogenated alkanes) is 1. The summed E-state index contributed by atoms with van der Waals surface area (Å²) in [6.07, 6.45) is 8.42. The van der Waals surface area contributed by atoms with E-state index in [1.54, 1.807) is 0 Å². The predicted molar refractivity (Wildman–Crippen MR) is 131 cm³/mol. The number of nitrogens with two attached hydrogens (primary N) is 1. The number of piperidine rings is 2. The Hall–Kier alpha value is -2.09. The normalized spacial score (nSPS) is 21.4. The van der Waals surface area contributed by atoms with Crippen molar-refractivity contribution in [3.63, 3.8) is 0 Å². The molecule has 6 nitrogen and oxygen atoms in total. The Morgan fingerprint density at radius 3 is 2.38 bits per heavy atom. The van der Waals surface area contributed by atoms with Gasteiger partial charge < -0.3 is 25.6 Å². The lowest BCUT2D eigenvalue weighted by Gasteiger charge is -2.53. The average molecular weight is 479 g/mol. The number of amides is 1. The predicted octanol–water partition coefficient (Wildman–Crippen LogP) is 4.78. The van der Waals surface area contributed by atoms with Crippen molar-refractivity contribution >= 4 is 17.5 Å². The van der Waals surface area contributed by atoms with Gasteiger partial charge in [0.25, 0.3) is 0 Å². The highest BCUT2D eigenvalue weighted by atomic mass is 19.1. The highest BCUT2D eigenvalue weighted by Crippen LogP contribution is 2.52. The van der Waals surface area contributed by atoms with E-state index >= 15 is 0 Å². The second-order valence-electron chi connectivity index (χ2n) is 10.7. The Labute approximate surface area is 202 Å². The van der Waals surface area contributed by atoms with Crippen LogP contribution >= 0.6 is 0 Å². The number of benzene rings is 1. The second-order valence-corrected chi connectivity index (χ2v) is 10.7. The van der Waals surface area contributed by atoms with Gasteiger partial charge in [-0.25, -0.2) is 13.6 Å². The largest absolute Gasteiger partial charge is 0.450 e. The van der Waals surface area contributed by atoms with E-state index in [0.29, 0.717) is 36.9 Å². The molecule has 2 saturated heterocycles. The molecule has 1 aliphatic carbocycles. The highest BCUT2D eigenvalue weighted by Gasteiger charge is 2.45. The number of halogens is 2. The zero-order valence-electron chi connectivity index (χ0n) is 20.5. The molecule has 190 valence electrons. The topological polar surface area (TPSA) is 70.8 Å². The average Bonchev–Trinajstić information content (AvgIpc) is 2.78. The zero-order valence-corrected chi connectivity index (χ0v) is 20.5. The Balaban J connectivity index is 1.13. The van der Waals surface area contributed by atoms with Gasteiger partial charge in [-0.1, -0.05) is 13.3 Å². The minimum atomic E-state index is -0.570. The van der Waals surface area contributed by atoms with Crippen LogP contribution in [0.3, 0.4) is 0 Å². The lowest BCUT2D eigenvalue weighted by atomic mass is 9.57. The van der Waals surface area contributed by atoms with Gasteiger partial charge in [-0.15, -0.1) is 0 Å². The quantitative estimate of drug-likeness (QED) is 0.416. The van der Waals surface area contributed by atoms with E-state index in [0.717, 1.165) is 51.9 Å². The standard InChI is InChI=1S/C26H40F2N4O2/c1-2-3-12-34-25(33)30-17-20-15-26(16-20)6-10-31(11-7-26)18-19-4-8-32(9-5-19)24-22(27)13-21(29)14-23(24)28/h13-14,19-20H,2-12,15-18,29H2,1H3,(H,30,33). The molecule has 1 aromatic rings. The molecule has 1 aromatic carbocycles. The molecule has 4 rings (SSSR count). The van der Waals surface area contributed by atoms with Crippen LogP contribution in [-0.4, -0.2) is 56.9 Å². The Morgan fingerprint density at radius 1 is 1.12 bits per heavy atom. The molecule has 1 saturated carbocycles. The van der Waals surface area contributed by atoms with Crippen LogP contribution in [-0.2, 0) is 4.74 Å². The Bertz CT molecular complexity index is 805. The number of alkyl carbamates (subject to hydrolysis) is 1. The number of likely N-dealkylation sites (tertiary alicyclic amines) is 1. The van der Waals surface area contributed by atoms with Crippen molar-refractivity contribution in [1.82, 2.24) is 10.2 Å². The van der Waals surface area contributed by atoms with Crippen molar-refractivity contribution in [2.45, 2.75) is 58.3 Å². The summed E-state index contributed by atoms with van der Waals surface area (Å²) < 4.78 is 33.7. The first-order valence-electron chi connectivity index (χ1n) is 13.0. The smallest absolute Gasteiger partial charge is 0.407 e. The maximum Gasteiger partial charge on any atom is 0.407 e. The van der Waals surface area contributed by atoms with Crippen molar-refractivity contribution in [3.8, 4) is 0 Å². The summed E-state index contributed by atoms with van der Waals surface area (Å²) >= 11 is 0. The van der Waals surface area contributed by atoms with Crippen LogP contribution in [0.4, 0.5) is 25.0 Å².